The zero-order chi connectivity index (χ0) is 16.7. The third-order valence-electron chi connectivity index (χ3n) is 3.01. The second kappa shape index (κ2) is 7.84. The van der Waals surface area contributed by atoms with Crippen LogP contribution in [0.4, 0.5) is 10.5 Å². The number of carboxylic acids is 1. The summed E-state index contributed by atoms with van der Waals surface area (Å²) in [6.07, 6.45) is -0.559. The van der Waals surface area contributed by atoms with Gasteiger partial charge < -0.3 is 14.6 Å². The molecule has 0 aliphatic rings. The zero-order valence-corrected chi connectivity index (χ0v) is 12.6. The summed E-state index contributed by atoms with van der Waals surface area (Å²) in [5.41, 5.74) is 2.21. The number of rotatable bonds is 6. The summed E-state index contributed by atoms with van der Waals surface area (Å²) in [5, 5.41) is 11.2. The van der Waals surface area contributed by atoms with E-state index in [-0.39, 0.29) is 6.61 Å². The van der Waals surface area contributed by atoms with Gasteiger partial charge in [0.05, 0.1) is 0 Å². The Bertz CT molecular complexity index is 685. The Morgan fingerprint density at radius 2 is 1.87 bits per heavy atom. The monoisotopic (exact) mass is 315 g/mol. The van der Waals surface area contributed by atoms with Gasteiger partial charge in [-0.05, 0) is 36.2 Å². The Morgan fingerprint density at radius 1 is 1.13 bits per heavy atom. The Balaban J connectivity index is 1.89. The molecule has 0 aliphatic heterocycles. The lowest BCUT2D eigenvalue weighted by Crippen LogP contribution is -2.14. The van der Waals surface area contributed by atoms with Crippen molar-refractivity contribution in [3.05, 3.63) is 59.7 Å². The number of carbonyl (C=O) groups is 2. The molecule has 0 atom stereocenters. The van der Waals surface area contributed by atoms with Gasteiger partial charge in [-0.15, -0.1) is 0 Å². The van der Waals surface area contributed by atoms with Crippen LogP contribution < -0.4 is 10.1 Å². The van der Waals surface area contributed by atoms with Crippen molar-refractivity contribution in [1.29, 1.82) is 0 Å². The molecule has 2 rings (SSSR count). The van der Waals surface area contributed by atoms with E-state index in [0.29, 0.717) is 11.4 Å². The molecule has 6 nitrogen and oxygen atoms in total. The molecule has 0 saturated heterocycles. The highest BCUT2D eigenvalue weighted by molar-refractivity contribution is 5.85. The second-order valence-electron chi connectivity index (χ2n) is 4.85. The van der Waals surface area contributed by atoms with Crippen molar-refractivity contribution in [2.75, 3.05) is 11.9 Å². The maximum absolute atomic E-state index is 11.8. The lowest BCUT2D eigenvalue weighted by Gasteiger charge is -2.11. The molecule has 0 aliphatic carbocycles. The van der Waals surface area contributed by atoms with E-state index in [2.05, 4.69) is 5.32 Å². The maximum Gasteiger partial charge on any atom is 0.411 e. The van der Waals surface area contributed by atoms with Gasteiger partial charge in [-0.2, -0.15) is 0 Å². The minimum absolute atomic E-state index is 0.186. The summed E-state index contributed by atoms with van der Waals surface area (Å²) in [7, 11) is 0. The van der Waals surface area contributed by atoms with E-state index in [1.807, 2.05) is 30.3 Å². The Morgan fingerprint density at radius 3 is 2.52 bits per heavy atom. The van der Waals surface area contributed by atoms with Crippen LogP contribution in [0.2, 0.25) is 0 Å². The molecular weight excluding hydrogens is 298 g/mol. The third kappa shape index (κ3) is 5.35. The number of anilines is 1. The van der Waals surface area contributed by atoms with Crippen molar-refractivity contribution >= 4 is 17.7 Å². The molecule has 0 unspecified atom stereocenters. The fourth-order valence-electron chi connectivity index (χ4n) is 1.88. The number of carboxylic acid groups (broad SMARTS) is 1. The van der Waals surface area contributed by atoms with Gasteiger partial charge in [0.15, 0.2) is 6.61 Å². The quantitative estimate of drug-likeness (QED) is 0.855. The number of ether oxygens (including phenoxy) is 2. The molecule has 0 aromatic heterocycles. The molecular formula is C17H17NO5. The molecule has 0 bridgehead atoms. The topological polar surface area (TPSA) is 84.9 Å². The number of hydrogen-bond acceptors (Lipinski definition) is 4. The second-order valence-corrected chi connectivity index (χ2v) is 4.85. The number of nitrogens with one attached hydrogen (secondary N) is 1. The molecule has 2 aromatic carbocycles. The molecule has 1 amide bonds. The SMILES string of the molecule is Cc1cc(OCC(=O)O)ccc1NC(=O)OCc1ccccc1. The maximum atomic E-state index is 11.8. The van der Waals surface area contributed by atoms with Crippen LogP contribution in [0.5, 0.6) is 5.75 Å². The largest absolute Gasteiger partial charge is 0.482 e. The molecule has 23 heavy (non-hydrogen) atoms. The van der Waals surface area contributed by atoms with E-state index < -0.39 is 18.7 Å². The van der Waals surface area contributed by atoms with Crippen LogP contribution in [0.1, 0.15) is 11.1 Å². The van der Waals surface area contributed by atoms with E-state index in [1.165, 1.54) is 0 Å². The van der Waals surface area contributed by atoms with Crippen molar-refractivity contribution in [1.82, 2.24) is 0 Å². The van der Waals surface area contributed by atoms with E-state index in [9.17, 15) is 9.59 Å². The first-order valence-electron chi connectivity index (χ1n) is 6.97. The first-order valence-corrected chi connectivity index (χ1v) is 6.97. The zero-order valence-electron chi connectivity index (χ0n) is 12.6. The van der Waals surface area contributed by atoms with Gasteiger partial charge in [-0.3, -0.25) is 5.32 Å². The first-order chi connectivity index (χ1) is 11.0. The van der Waals surface area contributed by atoms with Gasteiger partial charge in [0.1, 0.15) is 12.4 Å². The molecule has 0 saturated carbocycles. The van der Waals surface area contributed by atoms with Crippen molar-refractivity contribution < 1.29 is 24.2 Å². The summed E-state index contributed by atoms with van der Waals surface area (Å²) < 4.78 is 10.2. The number of carbonyl (C=O) groups excluding carboxylic acids is 1. The van der Waals surface area contributed by atoms with Crippen molar-refractivity contribution in [3.63, 3.8) is 0 Å². The molecule has 0 radical (unpaired) electrons. The highest BCUT2D eigenvalue weighted by Gasteiger charge is 2.08. The van der Waals surface area contributed by atoms with Gasteiger partial charge in [0.2, 0.25) is 0 Å². The third-order valence-corrected chi connectivity index (χ3v) is 3.01. The summed E-state index contributed by atoms with van der Waals surface area (Å²) in [5.74, 6) is -0.623. The molecule has 120 valence electrons. The highest BCUT2D eigenvalue weighted by atomic mass is 16.5. The number of aryl methyl sites for hydroxylation is 1. The Hall–Kier alpha value is -3.02. The standard InChI is InChI=1S/C17H17NO5/c1-12-9-14(22-11-16(19)20)7-8-15(12)18-17(21)23-10-13-5-3-2-4-6-13/h2-9H,10-11H2,1H3,(H,18,21)(H,19,20). The fraction of sp³-hybridized carbons (Fsp3) is 0.176. The van der Waals surface area contributed by atoms with Crippen LogP contribution in [-0.2, 0) is 16.1 Å². The Labute approximate surface area is 133 Å². The summed E-state index contributed by atoms with van der Waals surface area (Å²) >= 11 is 0. The van der Waals surface area contributed by atoms with Crippen LogP contribution in [0.3, 0.4) is 0 Å². The Kier molecular flexibility index (Phi) is 5.57. The van der Waals surface area contributed by atoms with E-state index in [4.69, 9.17) is 14.6 Å². The smallest absolute Gasteiger partial charge is 0.411 e. The first kappa shape index (κ1) is 16.4. The number of amides is 1. The van der Waals surface area contributed by atoms with Crippen LogP contribution in [0.25, 0.3) is 0 Å². The van der Waals surface area contributed by atoms with Crippen molar-refractivity contribution in [2.24, 2.45) is 0 Å². The van der Waals surface area contributed by atoms with Crippen LogP contribution >= 0.6 is 0 Å². The van der Waals surface area contributed by atoms with Gasteiger partial charge in [-0.1, -0.05) is 30.3 Å². The fourth-order valence-corrected chi connectivity index (χ4v) is 1.88. The summed E-state index contributed by atoms with van der Waals surface area (Å²) in [6.45, 7) is 1.55. The average molecular weight is 315 g/mol. The molecule has 2 aromatic rings. The van der Waals surface area contributed by atoms with E-state index in [0.717, 1.165) is 11.1 Å². The van der Waals surface area contributed by atoms with Gasteiger partial charge >= 0.3 is 12.1 Å². The molecule has 0 heterocycles. The lowest BCUT2D eigenvalue weighted by molar-refractivity contribution is -0.139. The summed E-state index contributed by atoms with van der Waals surface area (Å²) in [4.78, 5) is 22.3. The molecule has 0 fully saturated rings. The van der Waals surface area contributed by atoms with Gasteiger partial charge in [0, 0.05) is 5.69 Å². The van der Waals surface area contributed by atoms with Gasteiger partial charge in [0.25, 0.3) is 0 Å². The van der Waals surface area contributed by atoms with Crippen molar-refractivity contribution in [2.45, 2.75) is 13.5 Å². The van der Waals surface area contributed by atoms with E-state index in [1.54, 1.807) is 25.1 Å². The average Bonchev–Trinajstić information content (AvgIpc) is 2.54. The lowest BCUT2D eigenvalue weighted by atomic mass is 10.2. The molecule has 2 N–H and O–H groups in total. The predicted octanol–water partition coefficient (Wildman–Crippen LogP) is 3.21. The minimum atomic E-state index is -1.05. The normalized spacial score (nSPS) is 9.96. The number of aliphatic carboxylic acids is 1. The van der Waals surface area contributed by atoms with Crippen LogP contribution in [0, 0.1) is 6.92 Å². The van der Waals surface area contributed by atoms with Gasteiger partial charge in [-0.25, -0.2) is 9.59 Å². The predicted molar refractivity (Wildman–Crippen MR) is 84.6 cm³/mol. The molecule has 0 spiro atoms. The van der Waals surface area contributed by atoms with Crippen LogP contribution in [0.15, 0.2) is 48.5 Å². The molecule has 6 heteroatoms. The number of benzene rings is 2. The number of hydrogen-bond donors (Lipinski definition) is 2. The van der Waals surface area contributed by atoms with Crippen LogP contribution in [-0.4, -0.2) is 23.8 Å². The summed E-state index contributed by atoms with van der Waals surface area (Å²) in [6, 6.07) is 14.2. The van der Waals surface area contributed by atoms with Crippen molar-refractivity contribution in [3.8, 4) is 5.75 Å². The highest BCUT2D eigenvalue weighted by Crippen LogP contribution is 2.21. The van der Waals surface area contributed by atoms with E-state index >= 15 is 0 Å². The minimum Gasteiger partial charge on any atom is -0.482 e.